The molecule has 2 aromatic carbocycles. The fourth-order valence-corrected chi connectivity index (χ4v) is 2.39. The van der Waals surface area contributed by atoms with Crippen LogP contribution < -0.4 is 15.4 Å². The minimum absolute atomic E-state index is 0.377. The molecule has 0 heterocycles. The maximum Gasteiger partial charge on any atom is 0.314 e. The van der Waals surface area contributed by atoms with Gasteiger partial charge in [-0.25, -0.2) is 0 Å². The van der Waals surface area contributed by atoms with E-state index in [1.165, 1.54) is 7.11 Å². The van der Waals surface area contributed by atoms with Crippen molar-refractivity contribution in [2.75, 3.05) is 17.7 Å². The Morgan fingerprint density at radius 1 is 1.09 bits per heavy atom. The number of para-hydroxylation sites is 1. The lowest BCUT2D eigenvalue weighted by Crippen LogP contribution is -2.29. The van der Waals surface area contributed by atoms with Crippen molar-refractivity contribution in [1.29, 1.82) is 0 Å². The fraction of sp³-hybridized carbons (Fsp3) is 0.125. The third-order valence-electron chi connectivity index (χ3n) is 3.06. The minimum Gasteiger partial charge on any atom is -0.495 e. The van der Waals surface area contributed by atoms with Gasteiger partial charge in [-0.05, 0) is 46.6 Å². The first kappa shape index (κ1) is 17.3. The molecule has 0 atom stereocenters. The van der Waals surface area contributed by atoms with E-state index in [2.05, 4.69) is 26.6 Å². The molecule has 0 saturated carbocycles. The SMILES string of the molecule is COc1cc(Cl)c(C)cc1NC(=O)C(=O)Nc1ccccc1Br. The Morgan fingerprint density at radius 2 is 1.70 bits per heavy atom. The topological polar surface area (TPSA) is 67.4 Å². The van der Waals surface area contributed by atoms with E-state index in [-0.39, 0.29) is 0 Å². The Kier molecular flexibility index (Phi) is 5.63. The van der Waals surface area contributed by atoms with Crippen LogP contribution in [-0.2, 0) is 9.59 Å². The summed E-state index contributed by atoms with van der Waals surface area (Å²) in [7, 11) is 1.46. The smallest absolute Gasteiger partial charge is 0.314 e. The summed E-state index contributed by atoms with van der Waals surface area (Å²) < 4.78 is 5.84. The van der Waals surface area contributed by atoms with Crippen LogP contribution in [0.25, 0.3) is 0 Å². The Labute approximate surface area is 147 Å². The molecule has 0 saturated heterocycles. The van der Waals surface area contributed by atoms with Crippen LogP contribution in [0.15, 0.2) is 40.9 Å². The summed E-state index contributed by atoms with van der Waals surface area (Å²) >= 11 is 9.31. The lowest BCUT2D eigenvalue weighted by atomic mass is 10.2. The van der Waals surface area contributed by atoms with Crippen molar-refractivity contribution in [2.24, 2.45) is 0 Å². The molecule has 2 aromatic rings. The number of nitrogens with one attached hydrogen (secondary N) is 2. The summed E-state index contributed by atoms with van der Waals surface area (Å²) in [6.45, 7) is 1.79. The highest BCUT2D eigenvalue weighted by Gasteiger charge is 2.17. The van der Waals surface area contributed by atoms with Crippen LogP contribution in [0.4, 0.5) is 11.4 Å². The number of carbonyl (C=O) groups is 2. The normalized spacial score (nSPS) is 10.1. The fourth-order valence-electron chi connectivity index (χ4n) is 1.85. The standard InChI is InChI=1S/C16H14BrClN2O3/c1-9-7-13(14(23-2)8-11(9)18)20-16(22)15(21)19-12-6-4-3-5-10(12)17/h3-8H,1-2H3,(H,19,21)(H,20,22). The largest absolute Gasteiger partial charge is 0.495 e. The van der Waals surface area contributed by atoms with Crippen molar-refractivity contribution in [1.82, 2.24) is 0 Å². The average molecular weight is 398 g/mol. The number of hydrogen-bond acceptors (Lipinski definition) is 3. The van der Waals surface area contributed by atoms with Crippen molar-refractivity contribution < 1.29 is 14.3 Å². The molecule has 0 aliphatic carbocycles. The number of aryl methyl sites for hydroxylation is 1. The van der Waals surface area contributed by atoms with Gasteiger partial charge in [-0.3, -0.25) is 9.59 Å². The van der Waals surface area contributed by atoms with Crippen LogP contribution in [0, 0.1) is 6.92 Å². The zero-order chi connectivity index (χ0) is 17.0. The van der Waals surface area contributed by atoms with E-state index in [1.54, 1.807) is 43.3 Å². The number of carbonyl (C=O) groups excluding carboxylic acids is 2. The van der Waals surface area contributed by atoms with E-state index in [1.807, 2.05) is 0 Å². The van der Waals surface area contributed by atoms with E-state index in [0.29, 0.717) is 26.6 Å². The van der Waals surface area contributed by atoms with Gasteiger partial charge in [0.05, 0.1) is 18.5 Å². The minimum atomic E-state index is -0.805. The van der Waals surface area contributed by atoms with Gasteiger partial charge >= 0.3 is 11.8 Å². The summed E-state index contributed by atoms with van der Waals surface area (Å²) in [6, 6.07) is 10.2. The van der Waals surface area contributed by atoms with Gasteiger partial charge < -0.3 is 15.4 Å². The Morgan fingerprint density at radius 3 is 2.30 bits per heavy atom. The number of hydrogen-bond donors (Lipinski definition) is 2. The van der Waals surface area contributed by atoms with E-state index in [4.69, 9.17) is 16.3 Å². The first-order valence-corrected chi connectivity index (χ1v) is 7.80. The van der Waals surface area contributed by atoms with E-state index < -0.39 is 11.8 Å². The molecule has 2 rings (SSSR count). The number of benzene rings is 2. The number of anilines is 2. The second-order valence-corrected chi connectivity index (χ2v) is 5.95. The zero-order valence-electron chi connectivity index (χ0n) is 12.4. The molecule has 0 spiro atoms. The summed E-state index contributed by atoms with van der Waals surface area (Å²) in [4.78, 5) is 24.1. The predicted octanol–water partition coefficient (Wildman–Crippen LogP) is 4.00. The van der Waals surface area contributed by atoms with Crippen molar-refractivity contribution in [3.05, 3.63) is 51.5 Å². The molecule has 120 valence electrons. The van der Waals surface area contributed by atoms with Crippen LogP contribution >= 0.6 is 27.5 Å². The molecule has 0 bridgehead atoms. The number of rotatable bonds is 3. The van der Waals surface area contributed by atoms with Crippen molar-refractivity contribution in [2.45, 2.75) is 6.92 Å². The molecule has 2 amide bonds. The van der Waals surface area contributed by atoms with Crippen LogP contribution in [0.3, 0.4) is 0 Å². The van der Waals surface area contributed by atoms with Crippen LogP contribution in [0.1, 0.15) is 5.56 Å². The molecule has 23 heavy (non-hydrogen) atoms. The quantitative estimate of drug-likeness (QED) is 0.769. The molecule has 7 heteroatoms. The van der Waals surface area contributed by atoms with E-state index in [0.717, 1.165) is 5.56 Å². The second-order valence-electron chi connectivity index (χ2n) is 4.69. The number of amides is 2. The highest BCUT2D eigenvalue weighted by Crippen LogP contribution is 2.31. The molecule has 2 N–H and O–H groups in total. The van der Waals surface area contributed by atoms with Gasteiger partial charge in [-0.1, -0.05) is 23.7 Å². The third-order valence-corrected chi connectivity index (χ3v) is 4.16. The first-order valence-electron chi connectivity index (χ1n) is 6.63. The van der Waals surface area contributed by atoms with Crippen molar-refractivity contribution in [3.8, 4) is 5.75 Å². The van der Waals surface area contributed by atoms with Gasteiger partial charge in [0.25, 0.3) is 0 Å². The summed E-state index contributed by atoms with van der Waals surface area (Å²) in [5, 5.41) is 5.56. The highest BCUT2D eigenvalue weighted by molar-refractivity contribution is 9.10. The Balaban J connectivity index is 2.14. The second kappa shape index (κ2) is 7.48. The van der Waals surface area contributed by atoms with Crippen LogP contribution in [0.2, 0.25) is 5.02 Å². The van der Waals surface area contributed by atoms with Crippen LogP contribution in [-0.4, -0.2) is 18.9 Å². The van der Waals surface area contributed by atoms with E-state index >= 15 is 0 Å². The molecular weight excluding hydrogens is 384 g/mol. The Hall–Kier alpha value is -2.05. The molecule has 0 aromatic heterocycles. The average Bonchev–Trinajstić information content (AvgIpc) is 2.52. The third kappa shape index (κ3) is 4.24. The molecular formula is C16H14BrClN2O3. The molecule has 5 nitrogen and oxygen atoms in total. The van der Waals surface area contributed by atoms with E-state index in [9.17, 15) is 9.59 Å². The molecule has 0 aliphatic heterocycles. The van der Waals surface area contributed by atoms with Gasteiger partial charge in [-0.15, -0.1) is 0 Å². The molecule has 0 radical (unpaired) electrons. The summed E-state index contributed by atoms with van der Waals surface area (Å²) in [6.07, 6.45) is 0. The number of halogens is 2. The van der Waals surface area contributed by atoms with Gasteiger partial charge in [-0.2, -0.15) is 0 Å². The molecule has 0 unspecified atom stereocenters. The lowest BCUT2D eigenvalue weighted by Gasteiger charge is -2.12. The van der Waals surface area contributed by atoms with Gasteiger partial charge in [0.15, 0.2) is 0 Å². The van der Waals surface area contributed by atoms with Crippen LogP contribution in [0.5, 0.6) is 5.75 Å². The van der Waals surface area contributed by atoms with Crippen molar-refractivity contribution in [3.63, 3.8) is 0 Å². The summed E-state index contributed by atoms with van der Waals surface area (Å²) in [5.41, 5.74) is 1.64. The molecule has 0 aliphatic rings. The zero-order valence-corrected chi connectivity index (χ0v) is 14.8. The maximum atomic E-state index is 12.1. The monoisotopic (exact) mass is 396 g/mol. The Bertz CT molecular complexity index is 765. The van der Waals surface area contributed by atoms with Gasteiger partial charge in [0, 0.05) is 15.6 Å². The highest BCUT2D eigenvalue weighted by atomic mass is 79.9. The van der Waals surface area contributed by atoms with Gasteiger partial charge in [0.1, 0.15) is 5.75 Å². The molecule has 0 fully saturated rings. The predicted molar refractivity (Wildman–Crippen MR) is 94.1 cm³/mol. The number of methoxy groups -OCH3 is 1. The first-order chi connectivity index (χ1) is 10.9. The maximum absolute atomic E-state index is 12.1. The summed E-state index contributed by atoms with van der Waals surface area (Å²) in [5.74, 6) is -1.21. The van der Waals surface area contributed by atoms with Crippen molar-refractivity contribution >= 4 is 50.7 Å². The number of ether oxygens (including phenoxy) is 1. The van der Waals surface area contributed by atoms with Gasteiger partial charge in [0.2, 0.25) is 0 Å². The lowest BCUT2D eigenvalue weighted by molar-refractivity contribution is -0.133.